The molecule has 172 valence electrons. The molecule has 0 aliphatic carbocycles. The van der Waals surface area contributed by atoms with Crippen molar-refractivity contribution in [2.24, 2.45) is 11.8 Å². The van der Waals surface area contributed by atoms with Crippen LogP contribution in [0.3, 0.4) is 0 Å². The van der Waals surface area contributed by atoms with Gasteiger partial charge in [0, 0.05) is 25.6 Å². The number of fused-ring (bicyclic) bond motifs is 1. The molecule has 1 fully saturated rings. The number of nitrogens with one attached hydrogen (secondary N) is 1. The highest BCUT2D eigenvalue weighted by molar-refractivity contribution is 5.93. The van der Waals surface area contributed by atoms with Gasteiger partial charge in [-0.15, -0.1) is 5.10 Å². The topological polar surface area (TPSA) is 98.6 Å². The molecule has 9 heteroatoms. The average molecular weight is 442 g/mol. The maximum atomic E-state index is 13.1. The second kappa shape index (κ2) is 9.68. The smallest absolute Gasteiger partial charge is 0.276 e. The van der Waals surface area contributed by atoms with Gasteiger partial charge >= 0.3 is 0 Å². The molecule has 2 amide bonds. The van der Waals surface area contributed by atoms with Crippen molar-refractivity contribution in [3.63, 3.8) is 0 Å². The molecule has 1 atom stereocenters. The summed E-state index contributed by atoms with van der Waals surface area (Å²) in [5.74, 6) is 1.12. The molecule has 3 heterocycles. The number of ether oxygens (including phenoxy) is 2. The molecule has 1 aromatic heterocycles. The number of methoxy groups -OCH3 is 1. The Balaban J connectivity index is 1.35. The minimum Gasteiger partial charge on any atom is -0.497 e. The first-order valence-corrected chi connectivity index (χ1v) is 11.2. The molecule has 1 saturated heterocycles. The van der Waals surface area contributed by atoms with Gasteiger partial charge in [0.2, 0.25) is 5.91 Å². The Kier molecular flexibility index (Phi) is 6.74. The number of benzene rings is 1. The molecule has 1 N–H and O–H groups in total. The normalized spacial score (nSPS) is 19.0. The number of hydrogen-bond donors (Lipinski definition) is 1. The molecule has 2 aliphatic rings. The summed E-state index contributed by atoms with van der Waals surface area (Å²) < 4.78 is 13.0. The van der Waals surface area contributed by atoms with E-state index in [-0.39, 0.29) is 30.4 Å². The van der Waals surface area contributed by atoms with E-state index in [1.807, 2.05) is 24.3 Å². The molecule has 0 unspecified atom stereocenters. The van der Waals surface area contributed by atoms with Crippen LogP contribution in [0.25, 0.3) is 0 Å². The number of carbonyl (C=O) groups excluding carboxylic acids is 2. The molecule has 0 spiro atoms. The predicted molar refractivity (Wildman–Crippen MR) is 117 cm³/mol. The van der Waals surface area contributed by atoms with Crippen LogP contribution in [0.15, 0.2) is 24.3 Å². The summed E-state index contributed by atoms with van der Waals surface area (Å²) in [6, 6.07) is 7.74. The highest BCUT2D eigenvalue weighted by Gasteiger charge is 2.33. The Labute approximate surface area is 188 Å². The minimum absolute atomic E-state index is 0.0413. The van der Waals surface area contributed by atoms with Crippen LogP contribution in [-0.2, 0) is 22.7 Å². The second-order valence-electron chi connectivity index (χ2n) is 8.85. The zero-order valence-corrected chi connectivity index (χ0v) is 18.9. The van der Waals surface area contributed by atoms with Gasteiger partial charge < -0.3 is 19.7 Å². The van der Waals surface area contributed by atoms with E-state index in [1.54, 1.807) is 16.7 Å². The van der Waals surface area contributed by atoms with Crippen LogP contribution in [-0.4, -0.2) is 58.5 Å². The lowest BCUT2D eigenvalue weighted by molar-refractivity contribution is -0.126. The number of likely N-dealkylation sites (tertiary alicyclic amines) is 1. The SMILES string of the molecule is COc1ccc([C@H]2Cn3nnc(C(=O)N4CCC(C(=O)NCC(C)C)CC4)c3CO2)cc1. The van der Waals surface area contributed by atoms with Gasteiger partial charge in [-0.1, -0.05) is 31.2 Å². The molecule has 2 aromatic rings. The Bertz CT molecular complexity index is 948. The van der Waals surface area contributed by atoms with Crippen LogP contribution in [0, 0.1) is 11.8 Å². The molecule has 32 heavy (non-hydrogen) atoms. The zero-order chi connectivity index (χ0) is 22.7. The van der Waals surface area contributed by atoms with E-state index >= 15 is 0 Å². The molecular weight excluding hydrogens is 410 g/mol. The Morgan fingerprint density at radius 2 is 1.94 bits per heavy atom. The van der Waals surface area contributed by atoms with Crippen molar-refractivity contribution in [3.05, 3.63) is 41.2 Å². The first-order chi connectivity index (χ1) is 15.5. The number of piperidine rings is 1. The zero-order valence-electron chi connectivity index (χ0n) is 18.9. The highest BCUT2D eigenvalue weighted by atomic mass is 16.5. The predicted octanol–water partition coefficient (Wildman–Crippen LogP) is 2.18. The van der Waals surface area contributed by atoms with Gasteiger partial charge in [-0.25, -0.2) is 4.68 Å². The molecule has 1 aromatic carbocycles. The van der Waals surface area contributed by atoms with E-state index in [9.17, 15) is 9.59 Å². The first kappa shape index (κ1) is 22.3. The van der Waals surface area contributed by atoms with E-state index in [4.69, 9.17) is 9.47 Å². The van der Waals surface area contributed by atoms with Crippen LogP contribution < -0.4 is 10.1 Å². The summed E-state index contributed by atoms with van der Waals surface area (Å²) in [7, 11) is 1.64. The van der Waals surface area contributed by atoms with Gasteiger partial charge in [-0.05, 0) is 36.5 Å². The second-order valence-corrected chi connectivity index (χ2v) is 8.85. The summed E-state index contributed by atoms with van der Waals surface area (Å²) in [5, 5.41) is 11.4. The third-order valence-electron chi connectivity index (χ3n) is 6.13. The number of carbonyl (C=O) groups is 2. The summed E-state index contributed by atoms with van der Waals surface area (Å²) in [4.78, 5) is 27.2. The van der Waals surface area contributed by atoms with E-state index in [0.717, 1.165) is 11.3 Å². The number of rotatable bonds is 6. The van der Waals surface area contributed by atoms with Gasteiger partial charge in [0.15, 0.2) is 5.69 Å². The van der Waals surface area contributed by atoms with Gasteiger partial charge in [0.05, 0.1) is 26.0 Å². The minimum atomic E-state index is -0.154. The van der Waals surface area contributed by atoms with E-state index in [2.05, 4.69) is 29.5 Å². The summed E-state index contributed by atoms with van der Waals surface area (Å²) in [6.07, 6.45) is 1.17. The van der Waals surface area contributed by atoms with Gasteiger partial charge in [-0.3, -0.25) is 9.59 Å². The van der Waals surface area contributed by atoms with Crippen LogP contribution >= 0.6 is 0 Å². The van der Waals surface area contributed by atoms with E-state index < -0.39 is 0 Å². The van der Waals surface area contributed by atoms with Crippen molar-refractivity contribution in [3.8, 4) is 5.75 Å². The lowest BCUT2D eigenvalue weighted by Crippen LogP contribution is -2.44. The van der Waals surface area contributed by atoms with Crippen LogP contribution in [0.1, 0.15) is 54.5 Å². The monoisotopic (exact) mass is 441 g/mol. The Hall–Kier alpha value is -2.94. The number of hydrogen-bond acceptors (Lipinski definition) is 6. The standard InChI is InChI=1S/C23H31N5O4/c1-15(2)12-24-22(29)17-8-10-27(11-9-17)23(30)21-19-14-32-20(13-28(19)26-25-21)16-4-6-18(31-3)7-5-16/h4-7,15,17,20H,8-14H2,1-3H3,(H,24,29)/t20-/m1/s1. The molecule has 4 rings (SSSR count). The Morgan fingerprint density at radius 1 is 1.22 bits per heavy atom. The first-order valence-electron chi connectivity index (χ1n) is 11.2. The molecule has 0 saturated carbocycles. The van der Waals surface area contributed by atoms with Crippen LogP contribution in [0.4, 0.5) is 0 Å². The maximum absolute atomic E-state index is 13.1. The average Bonchev–Trinajstić information content (AvgIpc) is 3.25. The fraction of sp³-hybridized carbons (Fsp3) is 0.565. The number of aromatic nitrogens is 3. The van der Waals surface area contributed by atoms with Gasteiger partial charge in [0.25, 0.3) is 5.91 Å². The van der Waals surface area contributed by atoms with Crippen LogP contribution in [0.2, 0.25) is 0 Å². The van der Waals surface area contributed by atoms with Crippen LogP contribution in [0.5, 0.6) is 5.75 Å². The molecule has 0 bridgehead atoms. The molecule has 0 radical (unpaired) electrons. The van der Waals surface area contributed by atoms with Crippen molar-refractivity contribution in [2.45, 2.75) is 45.9 Å². The summed E-state index contributed by atoms with van der Waals surface area (Å²) in [6.45, 7) is 6.69. The Morgan fingerprint density at radius 3 is 2.59 bits per heavy atom. The van der Waals surface area contributed by atoms with Gasteiger partial charge in [0.1, 0.15) is 11.9 Å². The van der Waals surface area contributed by atoms with Crippen molar-refractivity contribution in [1.29, 1.82) is 0 Å². The highest BCUT2D eigenvalue weighted by Crippen LogP contribution is 2.29. The lowest BCUT2D eigenvalue weighted by Gasteiger charge is -2.31. The fourth-order valence-corrected chi connectivity index (χ4v) is 4.14. The van der Waals surface area contributed by atoms with E-state index in [1.165, 1.54) is 0 Å². The molecular formula is C23H31N5O4. The maximum Gasteiger partial charge on any atom is 0.276 e. The van der Waals surface area contributed by atoms with Crippen molar-refractivity contribution < 1.29 is 19.1 Å². The lowest BCUT2D eigenvalue weighted by atomic mass is 9.95. The molecule has 2 aliphatic heterocycles. The van der Waals surface area contributed by atoms with Crippen molar-refractivity contribution in [2.75, 3.05) is 26.7 Å². The number of amides is 2. The third-order valence-corrected chi connectivity index (χ3v) is 6.13. The largest absolute Gasteiger partial charge is 0.497 e. The third kappa shape index (κ3) is 4.77. The van der Waals surface area contributed by atoms with Crippen molar-refractivity contribution in [1.82, 2.24) is 25.2 Å². The molecule has 9 nitrogen and oxygen atoms in total. The fourth-order valence-electron chi connectivity index (χ4n) is 4.14. The summed E-state index contributed by atoms with van der Waals surface area (Å²) in [5.41, 5.74) is 2.08. The van der Waals surface area contributed by atoms with E-state index in [0.29, 0.717) is 56.3 Å². The quantitative estimate of drug-likeness (QED) is 0.738. The summed E-state index contributed by atoms with van der Waals surface area (Å²) >= 11 is 0. The van der Waals surface area contributed by atoms with Gasteiger partial charge in [-0.2, -0.15) is 0 Å². The number of nitrogens with zero attached hydrogens (tertiary/aromatic N) is 4. The van der Waals surface area contributed by atoms with Crippen molar-refractivity contribution >= 4 is 11.8 Å².